The van der Waals surface area contributed by atoms with Crippen molar-refractivity contribution in [1.29, 1.82) is 0 Å². The molecular formula is C15H19F7NO5-. The molecule has 2 N–H and O–H groups in total. The highest BCUT2D eigenvalue weighted by Crippen LogP contribution is 2.59. The zero-order chi connectivity index (χ0) is 21.0. The van der Waals surface area contributed by atoms with Crippen molar-refractivity contribution in [2.45, 2.75) is 74.8 Å². The van der Waals surface area contributed by atoms with E-state index in [9.17, 15) is 30.7 Å². The maximum Gasteiger partial charge on any atom is 0.420 e. The van der Waals surface area contributed by atoms with Gasteiger partial charge >= 0.3 is 18.2 Å². The Morgan fingerprint density at radius 1 is 0.786 bits per heavy atom. The fourth-order valence-electron chi connectivity index (χ4n) is 5.12. The zero-order valence-corrected chi connectivity index (χ0v) is 14.3. The topological polar surface area (TPSA) is 82.3 Å². The van der Waals surface area contributed by atoms with Crippen molar-refractivity contribution in [3.63, 3.8) is 0 Å². The van der Waals surface area contributed by atoms with Crippen LogP contribution in [-0.2, 0) is 14.5 Å². The maximum atomic E-state index is 14.4. The lowest BCUT2D eigenvalue weighted by Gasteiger charge is -2.57. The van der Waals surface area contributed by atoms with E-state index < -0.39 is 36.3 Å². The molecule has 6 nitrogen and oxygen atoms in total. The van der Waals surface area contributed by atoms with E-state index in [1.165, 1.54) is 0 Å². The normalized spacial score (nSPS) is 35.2. The van der Waals surface area contributed by atoms with Gasteiger partial charge < -0.3 is 10.1 Å². The summed E-state index contributed by atoms with van der Waals surface area (Å²) in [5, 5.41) is 18.8. The molecule has 0 heterocycles. The molecule has 4 fully saturated rings. The molecule has 0 radical (unpaired) electrons. The van der Waals surface area contributed by atoms with Crippen LogP contribution in [0.15, 0.2) is 0 Å². The van der Waals surface area contributed by atoms with Gasteiger partial charge in [-0.1, -0.05) is 0 Å². The minimum Gasteiger partial charge on any atom is -0.592 e. The molecule has 0 amide bonds. The minimum atomic E-state index is -5.52. The van der Waals surface area contributed by atoms with Gasteiger partial charge in [-0.3, -0.25) is 15.4 Å². The smallest absolute Gasteiger partial charge is 0.420 e. The lowest BCUT2D eigenvalue weighted by molar-refractivity contribution is -0.435. The van der Waals surface area contributed by atoms with Crippen LogP contribution >= 0.6 is 0 Å². The summed E-state index contributed by atoms with van der Waals surface area (Å²) in [4.78, 5) is 5.97. The molecule has 2 unspecified atom stereocenters. The van der Waals surface area contributed by atoms with Crippen LogP contribution in [0.25, 0.3) is 5.32 Å². The Labute approximate surface area is 154 Å². The number of alkyl halides is 7. The number of ether oxygens (including phenoxy) is 1. The van der Waals surface area contributed by atoms with Gasteiger partial charge in [0.05, 0.1) is 11.8 Å². The molecule has 0 aromatic carbocycles. The number of hydrogen-bond acceptors (Lipinski definition) is 5. The molecule has 2 atom stereocenters. The van der Waals surface area contributed by atoms with Crippen LogP contribution in [0.4, 0.5) is 30.7 Å². The Balaban J connectivity index is 1.76. The van der Waals surface area contributed by atoms with E-state index in [-0.39, 0.29) is 37.0 Å². The van der Waals surface area contributed by atoms with Gasteiger partial charge in [0.25, 0.3) is 0 Å². The average molecular weight is 426 g/mol. The van der Waals surface area contributed by atoms with Crippen LogP contribution in [0.5, 0.6) is 0 Å². The molecule has 28 heavy (non-hydrogen) atoms. The summed E-state index contributed by atoms with van der Waals surface area (Å²) >= 11 is 0. The fourth-order valence-corrected chi connectivity index (χ4v) is 5.12. The number of halogens is 7. The minimum absolute atomic E-state index is 0.0719. The summed E-state index contributed by atoms with van der Waals surface area (Å²) in [6, 6.07) is 0. The highest BCUT2D eigenvalue weighted by Gasteiger charge is 2.66. The van der Waals surface area contributed by atoms with Crippen molar-refractivity contribution < 1.29 is 55.8 Å². The Hall–Kier alpha value is -0.730. The molecule has 4 aliphatic rings. The van der Waals surface area contributed by atoms with Gasteiger partial charge in [-0.05, 0) is 56.3 Å². The van der Waals surface area contributed by atoms with Crippen LogP contribution in [-0.4, -0.2) is 46.8 Å². The Kier molecular flexibility index (Phi) is 5.65. The highest BCUT2D eigenvalue weighted by molar-refractivity contribution is 5.07. The SMILES string of the molecule is OOC([N-]C(OO)C(F)(F)C(F)(F)OC12CC3CC(CC(C3)C1)C2)C(F)(F)F. The molecule has 4 bridgehead atoms. The van der Waals surface area contributed by atoms with Gasteiger partial charge in [0.1, 0.15) is 6.23 Å². The van der Waals surface area contributed by atoms with Gasteiger partial charge in [-0.25, -0.2) is 4.89 Å². The lowest BCUT2D eigenvalue weighted by atomic mass is 9.54. The van der Waals surface area contributed by atoms with E-state index >= 15 is 0 Å². The predicted molar refractivity (Wildman–Crippen MR) is 76.3 cm³/mol. The quantitative estimate of drug-likeness (QED) is 0.332. The Morgan fingerprint density at radius 3 is 1.57 bits per heavy atom. The van der Waals surface area contributed by atoms with Gasteiger partial charge in [0.2, 0.25) is 0 Å². The van der Waals surface area contributed by atoms with Crippen LogP contribution in [0.1, 0.15) is 38.5 Å². The molecule has 164 valence electrons. The second-order valence-electron chi connectivity index (χ2n) is 7.95. The van der Waals surface area contributed by atoms with E-state index in [0.29, 0.717) is 0 Å². The predicted octanol–water partition coefficient (Wildman–Crippen LogP) is 4.77. The summed E-state index contributed by atoms with van der Waals surface area (Å²) in [7, 11) is 0. The van der Waals surface area contributed by atoms with Gasteiger partial charge in [0, 0.05) is 0 Å². The summed E-state index contributed by atoms with van der Waals surface area (Å²) in [5.41, 5.74) is -1.52. The van der Waals surface area contributed by atoms with Gasteiger partial charge in [-0.15, -0.1) is 0 Å². The van der Waals surface area contributed by atoms with Gasteiger partial charge in [-0.2, -0.15) is 30.7 Å². The highest BCUT2D eigenvalue weighted by atomic mass is 19.4. The van der Waals surface area contributed by atoms with Crippen molar-refractivity contribution in [2.24, 2.45) is 17.8 Å². The third-order valence-corrected chi connectivity index (χ3v) is 5.78. The standard InChI is InChI=1S/C15H19F7NO5/c16-13(17,10(26-24)23-11(27-25)14(18,19)20)15(21,22)28-12-4-7-1-8(5-12)3-9(2-7)6-12/h7-11,24-25H,1-6H2/q-1. The summed E-state index contributed by atoms with van der Waals surface area (Å²) < 4.78 is 99.4. The zero-order valence-electron chi connectivity index (χ0n) is 14.3. The maximum absolute atomic E-state index is 14.4. The molecule has 0 aliphatic heterocycles. The van der Waals surface area contributed by atoms with Crippen LogP contribution in [0, 0.1) is 17.8 Å². The first-order valence-electron chi connectivity index (χ1n) is 8.65. The van der Waals surface area contributed by atoms with Crippen molar-refractivity contribution in [3.8, 4) is 0 Å². The van der Waals surface area contributed by atoms with Crippen molar-refractivity contribution in [3.05, 3.63) is 5.32 Å². The second kappa shape index (κ2) is 7.20. The monoisotopic (exact) mass is 426 g/mol. The first-order valence-corrected chi connectivity index (χ1v) is 8.65. The first kappa shape index (κ1) is 22.0. The largest absolute Gasteiger partial charge is 0.592 e. The van der Waals surface area contributed by atoms with Crippen molar-refractivity contribution >= 4 is 0 Å². The number of nitrogens with zero attached hydrogens (tertiary/aromatic N) is 1. The average Bonchev–Trinajstić information content (AvgIpc) is 2.51. The summed E-state index contributed by atoms with van der Waals surface area (Å²) in [5.74, 6) is -5.26. The molecule has 4 aliphatic carbocycles. The molecule has 4 rings (SSSR count). The molecule has 0 saturated heterocycles. The molecule has 0 aromatic heterocycles. The second-order valence-corrected chi connectivity index (χ2v) is 7.95. The number of hydrogen-bond donors (Lipinski definition) is 2. The van der Waals surface area contributed by atoms with Crippen molar-refractivity contribution in [2.75, 3.05) is 0 Å². The third kappa shape index (κ3) is 3.97. The van der Waals surface area contributed by atoms with Crippen LogP contribution < -0.4 is 0 Å². The Bertz CT molecular complexity index is 538. The molecule has 0 spiro atoms. The summed E-state index contributed by atoms with van der Waals surface area (Å²) in [6.07, 6.45) is -15.3. The summed E-state index contributed by atoms with van der Waals surface area (Å²) in [6.45, 7) is 0. The molecule has 0 aromatic rings. The van der Waals surface area contributed by atoms with E-state index in [1.54, 1.807) is 0 Å². The number of rotatable bonds is 8. The third-order valence-electron chi connectivity index (χ3n) is 5.78. The van der Waals surface area contributed by atoms with Crippen molar-refractivity contribution in [1.82, 2.24) is 0 Å². The van der Waals surface area contributed by atoms with E-state index in [2.05, 4.69) is 19.8 Å². The van der Waals surface area contributed by atoms with Crippen LogP contribution in [0.2, 0.25) is 0 Å². The van der Waals surface area contributed by atoms with Crippen LogP contribution in [0.3, 0.4) is 0 Å². The van der Waals surface area contributed by atoms with Gasteiger partial charge in [0.15, 0.2) is 0 Å². The van der Waals surface area contributed by atoms with E-state index in [0.717, 1.165) is 19.3 Å². The van der Waals surface area contributed by atoms with E-state index in [1.807, 2.05) is 0 Å². The van der Waals surface area contributed by atoms with E-state index in [4.69, 9.17) is 10.5 Å². The Morgan fingerprint density at radius 2 is 1.21 bits per heavy atom. The molecule has 4 saturated carbocycles. The molecular weight excluding hydrogens is 407 g/mol. The molecule has 13 heteroatoms. The lowest BCUT2D eigenvalue weighted by Crippen LogP contribution is -2.60. The first-order chi connectivity index (χ1) is 12.8. The fraction of sp³-hybridized carbons (Fsp3) is 1.00.